The van der Waals surface area contributed by atoms with Gasteiger partial charge in [0.05, 0.1) is 17.8 Å². The summed E-state index contributed by atoms with van der Waals surface area (Å²) in [6, 6.07) is 20.9. The maximum Gasteiger partial charge on any atom is 0.114 e. The first-order valence-electron chi connectivity index (χ1n) is 12.0. The molecule has 1 saturated carbocycles. The van der Waals surface area contributed by atoms with Gasteiger partial charge in [0.25, 0.3) is 0 Å². The van der Waals surface area contributed by atoms with Gasteiger partial charge in [-0.05, 0) is 48.9 Å². The van der Waals surface area contributed by atoms with Gasteiger partial charge in [-0.3, -0.25) is 9.89 Å². The summed E-state index contributed by atoms with van der Waals surface area (Å²) in [5, 5.41) is 0. The zero-order valence-corrected chi connectivity index (χ0v) is 19.5. The predicted molar refractivity (Wildman–Crippen MR) is 129 cm³/mol. The van der Waals surface area contributed by atoms with Gasteiger partial charge in [0, 0.05) is 4.47 Å². The second-order valence-electron chi connectivity index (χ2n) is 9.38. The summed E-state index contributed by atoms with van der Waals surface area (Å²) < 4.78 is 1.14. The summed E-state index contributed by atoms with van der Waals surface area (Å²) in [5.41, 5.74) is 4.09. The maximum atomic E-state index is 5.54. The molecule has 0 bridgehead atoms. The largest absolute Gasteiger partial charge is 0.265 e. The predicted octanol–water partition coefficient (Wildman–Crippen LogP) is 7.68. The Morgan fingerprint density at radius 1 is 0.700 bits per heavy atom. The van der Waals surface area contributed by atoms with Crippen LogP contribution in [0.2, 0.25) is 0 Å². The molecular formula is C27H33BrN2. The van der Waals surface area contributed by atoms with E-state index >= 15 is 0 Å². The fraction of sp³-hybridized carbons (Fsp3) is 0.519. The van der Waals surface area contributed by atoms with Crippen LogP contribution in [0.25, 0.3) is 0 Å². The monoisotopic (exact) mass is 464 g/mol. The minimum Gasteiger partial charge on any atom is -0.265 e. The zero-order chi connectivity index (χ0) is 20.4. The van der Waals surface area contributed by atoms with E-state index in [1.54, 1.807) is 0 Å². The SMILES string of the molecule is Brc1ccc(C2=NC3(CCCCCCCCCCC3)N3[C@H](c4ccccc4)[C@H]23)cc1. The third kappa shape index (κ3) is 4.03. The minimum atomic E-state index is 0.00673. The average molecular weight is 465 g/mol. The van der Waals surface area contributed by atoms with E-state index in [1.165, 1.54) is 87.5 Å². The first-order chi connectivity index (χ1) is 14.8. The number of fused-ring (bicyclic) bond motifs is 2. The molecule has 1 unspecified atom stereocenters. The van der Waals surface area contributed by atoms with Crippen LogP contribution in [-0.2, 0) is 0 Å². The highest BCUT2D eigenvalue weighted by atomic mass is 79.9. The topological polar surface area (TPSA) is 15.4 Å². The van der Waals surface area contributed by atoms with E-state index in [0.717, 1.165) is 4.47 Å². The van der Waals surface area contributed by atoms with Crippen molar-refractivity contribution in [3.8, 4) is 0 Å². The molecule has 2 nitrogen and oxygen atoms in total. The molecule has 2 fully saturated rings. The Labute approximate surface area is 189 Å². The molecule has 1 spiro atoms. The molecular weight excluding hydrogens is 432 g/mol. The number of halogens is 1. The fourth-order valence-corrected chi connectivity index (χ4v) is 6.04. The van der Waals surface area contributed by atoms with E-state index in [4.69, 9.17) is 4.99 Å². The van der Waals surface area contributed by atoms with E-state index in [2.05, 4.69) is 75.4 Å². The lowest BCUT2D eigenvalue weighted by atomic mass is 9.92. The van der Waals surface area contributed by atoms with Gasteiger partial charge in [-0.2, -0.15) is 0 Å². The Balaban J connectivity index is 1.48. The number of aliphatic imine (C=N–C) groups is 1. The van der Waals surface area contributed by atoms with Gasteiger partial charge in [0.1, 0.15) is 5.66 Å². The molecule has 30 heavy (non-hydrogen) atoms. The lowest BCUT2D eigenvalue weighted by molar-refractivity contribution is 0.182. The number of rotatable bonds is 2. The number of hydrogen-bond acceptors (Lipinski definition) is 2. The van der Waals surface area contributed by atoms with E-state index < -0.39 is 0 Å². The third-order valence-corrected chi connectivity index (χ3v) is 7.86. The highest BCUT2D eigenvalue weighted by Gasteiger charge is 2.64. The average Bonchev–Trinajstić information content (AvgIpc) is 3.43. The van der Waals surface area contributed by atoms with Crippen molar-refractivity contribution < 1.29 is 0 Å². The van der Waals surface area contributed by atoms with Crippen molar-refractivity contribution in [3.05, 3.63) is 70.2 Å². The second-order valence-corrected chi connectivity index (χ2v) is 10.3. The first kappa shape index (κ1) is 20.5. The molecule has 3 heteroatoms. The summed E-state index contributed by atoms with van der Waals surface area (Å²) >= 11 is 3.60. The standard InChI is InChI=1S/C27H33BrN2/c28-23-17-15-21(16-18-23)24-26-25(22-13-9-8-10-14-22)30(26)27(29-24)19-11-6-4-2-1-3-5-7-12-20-27/h8-10,13-18,25-26H,1-7,11-12,19-20H2/t25-,26+,30?/m1/s1. The molecule has 2 aromatic rings. The Morgan fingerprint density at radius 3 is 1.87 bits per heavy atom. The van der Waals surface area contributed by atoms with Crippen LogP contribution >= 0.6 is 15.9 Å². The van der Waals surface area contributed by atoms with Gasteiger partial charge in [0.2, 0.25) is 0 Å². The Hall–Kier alpha value is -1.45. The molecule has 2 aromatic carbocycles. The summed E-state index contributed by atoms with van der Waals surface area (Å²) in [6.45, 7) is 0. The fourth-order valence-electron chi connectivity index (χ4n) is 5.78. The van der Waals surface area contributed by atoms with Crippen LogP contribution in [0, 0.1) is 0 Å². The zero-order valence-electron chi connectivity index (χ0n) is 17.9. The van der Waals surface area contributed by atoms with Crippen molar-refractivity contribution in [2.45, 2.75) is 88.4 Å². The van der Waals surface area contributed by atoms with Gasteiger partial charge in [0.15, 0.2) is 0 Å². The third-order valence-electron chi connectivity index (χ3n) is 7.33. The highest BCUT2D eigenvalue weighted by molar-refractivity contribution is 9.10. The van der Waals surface area contributed by atoms with Gasteiger partial charge in [-0.15, -0.1) is 0 Å². The van der Waals surface area contributed by atoms with Crippen molar-refractivity contribution in [1.82, 2.24) is 4.90 Å². The first-order valence-corrected chi connectivity index (χ1v) is 12.8. The molecule has 0 amide bonds. The Kier molecular flexibility index (Phi) is 6.11. The maximum absolute atomic E-state index is 5.54. The molecule has 1 saturated heterocycles. The highest BCUT2D eigenvalue weighted by Crippen LogP contribution is 2.58. The lowest BCUT2D eigenvalue weighted by Gasteiger charge is -2.31. The molecule has 5 rings (SSSR count). The van der Waals surface area contributed by atoms with Crippen molar-refractivity contribution in [1.29, 1.82) is 0 Å². The Morgan fingerprint density at radius 2 is 1.27 bits per heavy atom. The summed E-state index contributed by atoms with van der Waals surface area (Å²) in [6.07, 6.45) is 14.8. The molecule has 2 aliphatic heterocycles. The van der Waals surface area contributed by atoms with Crippen molar-refractivity contribution in [2.24, 2.45) is 4.99 Å². The normalized spacial score (nSPS) is 28.8. The molecule has 0 radical (unpaired) electrons. The number of benzene rings is 2. The smallest absolute Gasteiger partial charge is 0.114 e. The van der Waals surface area contributed by atoms with Gasteiger partial charge in [-0.25, -0.2) is 0 Å². The molecule has 0 aromatic heterocycles. The molecule has 1 aliphatic carbocycles. The van der Waals surface area contributed by atoms with Gasteiger partial charge in [-0.1, -0.05) is 103 Å². The van der Waals surface area contributed by atoms with Crippen molar-refractivity contribution in [3.63, 3.8) is 0 Å². The van der Waals surface area contributed by atoms with E-state index in [1.807, 2.05) is 0 Å². The van der Waals surface area contributed by atoms with E-state index in [-0.39, 0.29) is 5.66 Å². The second kappa shape index (κ2) is 8.96. The van der Waals surface area contributed by atoms with Crippen LogP contribution in [0.15, 0.2) is 64.1 Å². The van der Waals surface area contributed by atoms with Crippen LogP contribution in [0.3, 0.4) is 0 Å². The molecule has 3 atom stereocenters. The molecule has 3 aliphatic rings. The van der Waals surface area contributed by atoms with Crippen molar-refractivity contribution in [2.75, 3.05) is 0 Å². The van der Waals surface area contributed by atoms with Gasteiger partial charge < -0.3 is 0 Å². The quantitative estimate of drug-likeness (QED) is 0.415. The van der Waals surface area contributed by atoms with Crippen LogP contribution < -0.4 is 0 Å². The summed E-state index contributed by atoms with van der Waals surface area (Å²) in [5.74, 6) is 0. The summed E-state index contributed by atoms with van der Waals surface area (Å²) in [4.78, 5) is 8.31. The van der Waals surface area contributed by atoms with E-state index in [9.17, 15) is 0 Å². The van der Waals surface area contributed by atoms with Crippen LogP contribution in [-0.4, -0.2) is 22.3 Å². The Bertz CT molecular complexity index is 861. The minimum absolute atomic E-state index is 0.00673. The molecule has 0 N–H and O–H groups in total. The van der Waals surface area contributed by atoms with Crippen LogP contribution in [0.4, 0.5) is 0 Å². The molecule has 158 valence electrons. The van der Waals surface area contributed by atoms with Crippen LogP contribution in [0.5, 0.6) is 0 Å². The van der Waals surface area contributed by atoms with E-state index in [0.29, 0.717) is 12.1 Å². The summed E-state index contributed by atoms with van der Waals surface area (Å²) in [7, 11) is 0. The van der Waals surface area contributed by atoms with Crippen molar-refractivity contribution >= 4 is 21.6 Å². The van der Waals surface area contributed by atoms with Gasteiger partial charge >= 0.3 is 0 Å². The number of hydrogen-bond donors (Lipinski definition) is 0. The molecule has 2 heterocycles. The number of nitrogens with zero attached hydrogens (tertiary/aromatic N) is 2. The van der Waals surface area contributed by atoms with Crippen LogP contribution in [0.1, 0.15) is 87.8 Å². The lowest BCUT2D eigenvalue weighted by Crippen LogP contribution is -2.34.